The van der Waals surface area contributed by atoms with Crippen molar-refractivity contribution >= 4 is 49.8 Å². The lowest BCUT2D eigenvalue weighted by Crippen LogP contribution is -2.28. The topological polar surface area (TPSA) is 16.4 Å². The van der Waals surface area contributed by atoms with Gasteiger partial charge in [0.15, 0.2) is 0 Å². The summed E-state index contributed by atoms with van der Waals surface area (Å²) in [5, 5.41) is -3.10. The van der Waals surface area contributed by atoms with Gasteiger partial charge in [-0.25, -0.2) is 0 Å². The van der Waals surface area contributed by atoms with Gasteiger partial charge < -0.3 is 9.32 Å². The Balaban J connectivity index is 1.41. The van der Waals surface area contributed by atoms with Gasteiger partial charge in [0.25, 0.3) is 0 Å². The molecule has 61 heavy (non-hydrogen) atoms. The predicted octanol–water partition coefficient (Wildman–Crippen LogP) is 15.9. The molecule has 0 atom stereocenters. The molecule has 0 unspecified atom stereocenters. The van der Waals surface area contributed by atoms with E-state index in [2.05, 4.69) is 0 Å². The third-order valence-electron chi connectivity index (χ3n) is 9.94. The molecule has 0 spiro atoms. The zero-order valence-electron chi connectivity index (χ0n) is 69.4. The highest BCUT2D eigenvalue weighted by Gasteiger charge is 2.46. The number of furan rings is 1. The number of hydrogen-bond donors (Lipinski definition) is 0. The average molecular weight is 817 g/mol. The Morgan fingerprint density at radius 2 is 0.885 bits per heavy atom. The molecular formula is C59H39NO. The first kappa shape index (κ1) is 13.5. The smallest absolute Gasteiger partial charge is 0.143 e. The van der Waals surface area contributed by atoms with Gasteiger partial charge in [-0.1, -0.05) is 193 Å². The number of anilines is 3. The first-order chi connectivity index (χ1) is 46.5. The van der Waals surface area contributed by atoms with Crippen LogP contribution in [0.4, 0.5) is 17.1 Å². The van der Waals surface area contributed by atoms with Crippen molar-refractivity contribution in [2.24, 2.45) is 0 Å². The maximum atomic E-state index is 10.9. The molecule has 286 valence electrons. The Hall–Kier alpha value is -7.94. The van der Waals surface area contributed by atoms with E-state index in [-0.39, 0.29) is 4.90 Å². The van der Waals surface area contributed by atoms with Gasteiger partial charge in [-0.2, -0.15) is 0 Å². The van der Waals surface area contributed by atoms with Crippen molar-refractivity contribution in [3.05, 3.63) is 258 Å². The molecule has 1 heterocycles. The number of fused-ring (bicyclic) bond motifs is 8. The number of nitrogens with zero attached hydrogens (tertiary/aromatic N) is 1. The minimum Gasteiger partial charge on any atom is -0.455 e. The first-order valence-corrected chi connectivity index (χ1v) is 17.8. The molecule has 0 N–H and O–H groups in total. The lowest BCUT2D eigenvalue weighted by Gasteiger charge is -2.35. The molecule has 11 aromatic rings. The van der Waals surface area contributed by atoms with E-state index < -0.39 is 346 Å². The molecule has 1 aliphatic rings. The van der Waals surface area contributed by atoms with Gasteiger partial charge >= 0.3 is 0 Å². The van der Waals surface area contributed by atoms with Crippen LogP contribution in [-0.4, -0.2) is 0 Å². The molecule has 2 heteroatoms. The Kier molecular flexibility index (Phi) is 3.13. The van der Waals surface area contributed by atoms with Crippen molar-refractivity contribution in [2.75, 3.05) is 4.90 Å². The predicted molar refractivity (Wildman–Crippen MR) is 254 cm³/mol. The van der Waals surface area contributed by atoms with E-state index in [4.69, 9.17) is 30.5 Å². The molecule has 0 aliphatic heterocycles. The average Bonchev–Trinajstić information content (AvgIpc) is 1.47. The molecule has 0 fully saturated rings. The van der Waals surface area contributed by atoms with E-state index in [0.717, 1.165) is 0 Å². The van der Waals surface area contributed by atoms with Crippen LogP contribution in [-0.2, 0) is 5.41 Å². The van der Waals surface area contributed by atoms with Crippen molar-refractivity contribution in [2.45, 2.75) is 5.41 Å². The molecule has 1 aliphatic carbocycles. The summed E-state index contributed by atoms with van der Waals surface area (Å²) in [6.07, 6.45) is 0. The molecule has 2 nitrogen and oxygen atoms in total. The van der Waals surface area contributed by atoms with E-state index >= 15 is 0 Å². The number of para-hydroxylation sites is 1. The minimum absolute atomic E-state index is 0.197. The maximum Gasteiger partial charge on any atom is 0.143 e. The number of rotatable bonds is 7. The lowest BCUT2D eigenvalue weighted by atomic mass is 9.67. The van der Waals surface area contributed by atoms with E-state index in [1.165, 1.54) is 0 Å². The van der Waals surface area contributed by atoms with Gasteiger partial charge in [0.1, 0.15) is 11.2 Å². The van der Waals surface area contributed by atoms with Crippen LogP contribution in [0.3, 0.4) is 0 Å². The van der Waals surface area contributed by atoms with Gasteiger partial charge in [-0.15, -0.1) is 0 Å². The Bertz CT molecular complexity index is 5550. The molecule has 0 saturated carbocycles. The molecule has 0 radical (unpaired) electrons. The third kappa shape index (κ3) is 5.43. The van der Waals surface area contributed by atoms with Crippen LogP contribution in [0, 0.1) is 0 Å². The van der Waals surface area contributed by atoms with Crippen LogP contribution in [0.5, 0.6) is 0 Å². The summed E-state index contributed by atoms with van der Waals surface area (Å²) in [5.41, 5.74) is -20.6. The normalized spacial score (nSPS) is 21.7. The summed E-state index contributed by atoms with van der Waals surface area (Å²) in [5.74, 6) is 0. The quantitative estimate of drug-likeness (QED) is 0.159. The molecule has 1 aromatic heterocycles. The number of hydrogen-bond acceptors (Lipinski definition) is 2. The molecule has 12 rings (SSSR count). The van der Waals surface area contributed by atoms with Crippen LogP contribution in [0.15, 0.2) is 240 Å². The first-order valence-electron chi connectivity index (χ1n) is 37.3. The third-order valence-corrected chi connectivity index (χ3v) is 9.94. The van der Waals surface area contributed by atoms with Crippen molar-refractivity contribution < 1.29 is 57.9 Å². The molecular weight excluding hydrogens is 739 g/mol. The maximum absolute atomic E-state index is 10.9. The SMILES string of the molecule is [2H]c1c([2H])c([2H])c(-c2c([2H])c([2H])c([2H])c([2H])c2N(c2c([2H])c([2H])c3c(c2[2H])C(c2c([2H])c([2H])c([2H])c([2H])c2[2H])(c2c([2H])c([2H])c([2H])c([2H])c2[2H])c2c([2H])c([2H])c([2H])c([2H])c2-3)c2c([2H])c([2H])c3c(oc4c5c([2H])c([2H])c([2H])c([2H])c5c(-c5c([2H])c([2H])c([2H])c([2H])c5[2H])c([2H])c43)c2[2H])c([2H])c1[2H]. The summed E-state index contributed by atoms with van der Waals surface area (Å²) in [6.45, 7) is 0. The van der Waals surface area contributed by atoms with Crippen LogP contribution in [0.2, 0.25) is 0 Å². The Morgan fingerprint density at radius 1 is 0.361 bits per heavy atom. The standard InChI is InChI=1S/C59H39NO/c1-5-19-40(20-6-1)46-27-16-18-32-56(46)60(45-34-36-50-53-39-52(41-21-7-2-8-22-41)47-28-13-14-30-51(47)58(53)61-57(50)38-45)44-33-35-49-48-29-15-17-31-54(48)59(55(49)37-44,42-23-9-3-10-24-42)43-25-11-4-12-26-43/h1-39H/i1D,2D,3D,4D,5D,6D,7D,8D,9D,10D,11D,12D,13D,14D,15D,16D,17D,18D,19D,20D,21D,22D,23D,24D,25D,26D,27D,28D,29D,30D,31D,32D,33D,34D,35D,36D,37D,38D,39D. The van der Waals surface area contributed by atoms with Crippen molar-refractivity contribution in [1.29, 1.82) is 0 Å². The second-order valence-corrected chi connectivity index (χ2v) is 13.0. The van der Waals surface area contributed by atoms with E-state index in [1.54, 1.807) is 0 Å². The van der Waals surface area contributed by atoms with Crippen LogP contribution in [0.1, 0.15) is 75.7 Å². The zero-order valence-corrected chi connectivity index (χ0v) is 30.4. The molecule has 10 aromatic carbocycles. The Morgan fingerprint density at radius 3 is 1.59 bits per heavy atom. The van der Waals surface area contributed by atoms with Crippen molar-refractivity contribution in [1.82, 2.24) is 0 Å². The van der Waals surface area contributed by atoms with Gasteiger partial charge in [0.05, 0.1) is 64.6 Å². The summed E-state index contributed by atoms with van der Waals surface area (Å²) in [4.78, 5) is 0.197. The van der Waals surface area contributed by atoms with Crippen LogP contribution >= 0.6 is 0 Å². The summed E-state index contributed by atoms with van der Waals surface area (Å²) >= 11 is 0. The van der Waals surface area contributed by atoms with Crippen LogP contribution in [0.25, 0.3) is 66.1 Å². The molecule has 0 amide bonds. The highest BCUT2D eigenvalue weighted by Crippen LogP contribution is 2.57. The largest absolute Gasteiger partial charge is 0.455 e. The van der Waals surface area contributed by atoms with Crippen LogP contribution < -0.4 is 4.90 Å². The number of benzene rings is 10. The van der Waals surface area contributed by atoms with Gasteiger partial charge in [0.2, 0.25) is 0 Å². The van der Waals surface area contributed by atoms with E-state index in [9.17, 15) is 27.4 Å². The second kappa shape index (κ2) is 14.1. The fourth-order valence-corrected chi connectivity index (χ4v) is 7.47. The molecule has 0 saturated heterocycles. The van der Waals surface area contributed by atoms with Gasteiger partial charge in [-0.05, 0) is 91.7 Å². The summed E-state index contributed by atoms with van der Waals surface area (Å²) < 4.78 is 370. The van der Waals surface area contributed by atoms with Gasteiger partial charge in [0, 0.05) is 39.1 Å². The highest BCUT2D eigenvalue weighted by atomic mass is 16.3. The molecule has 0 bridgehead atoms. The van der Waals surface area contributed by atoms with Crippen molar-refractivity contribution in [3.8, 4) is 33.4 Å². The second-order valence-electron chi connectivity index (χ2n) is 13.0. The lowest BCUT2D eigenvalue weighted by molar-refractivity contribution is 0.673. The monoisotopic (exact) mass is 817 g/mol. The van der Waals surface area contributed by atoms with Crippen molar-refractivity contribution in [3.63, 3.8) is 0 Å². The summed E-state index contributed by atoms with van der Waals surface area (Å²) in [6, 6.07) is -47.6. The van der Waals surface area contributed by atoms with E-state index in [0.29, 0.717) is 0 Å². The Labute approximate surface area is 410 Å². The van der Waals surface area contributed by atoms with E-state index in [1.807, 2.05) is 0 Å². The fourth-order valence-electron chi connectivity index (χ4n) is 7.47. The van der Waals surface area contributed by atoms with Gasteiger partial charge in [-0.3, -0.25) is 0 Å². The minimum atomic E-state index is -3.60. The zero-order chi connectivity index (χ0) is 74.3. The fraction of sp³-hybridized carbons (Fsp3) is 0.0169. The summed E-state index contributed by atoms with van der Waals surface area (Å²) in [7, 11) is 0. The highest BCUT2D eigenvalue weighted by molar-refractivity contribution is 6.19.